The summed E-state index contributed by atoms with van der Waals surface area (Å²) < 4.78 is 27.9. The molecular weight excluding hydrogens is 384 g/mol. The third-order valence-electron chi connectivity index (χ3n) is 5.18. The number of likely N-dealkylation sites (tertiary alicyclic amines) is 1. The minimum absolute atomic E-state index is 0.0529. The number of ether oxygens (including phenoxy) is 1. The van der Waals surface area contributed by atoms with Gasteiger partial charge >= 0.3 is 5.97 Å². The van der Waals surface area contributed by atoms with Crippen molar-refractivity contribution in [1.29, 1.82) is 0 Å². The second kappa shape index (κ2) is 8.30. The van der Waals surface area contributed by atoms with Gasteiger partial charge in [-0.1, -0.05) is 30.3 Å². The summed E-state index contributed by atoms with van der Waals surface area (Å²) in [4.78, 5) is 38.1. The topological polar surface area (TPSA) is 110 Å². The Labute approximate surface area is 164 Å². The SMILES string of the molecule is C[C@H](c1ccccc1)N1C[C@@H](C(=O)OCC(=O)N[C@@H]2CCS(=O)(=O)C2)CC1=O. The number of carbonyl (C=O) groups is 3. The molecule has 0 saturated carbocycles. The number of hydrogen-bond acceptors (Lipinski definition) is 6. The van der Waals surface area contributed by atoms with Crippen LogP contribution in [0.5, 0.6) is 0 Å². The van der Waals surface area contributed by atoms with E-state index >= 15 is 0 Å². The van der Waals surface area contributed by atoms with E-state index in [1.165, 1.54) is 0 Å². The smallest absolute Gasteiger partial charge is 0.311 e. The standard InChI is InChI=1S/C19H24N2O6S/c1-13(14-5-3-2-4-6-14)21-10-15(9-18(21)23)19(24)27-11-17(22)20-16-7-8-28(25,26)12-16/h2-6,13,15-16H,7-12H2,1H3,(H,20,22)/t13-,15+,16-/m1/s1. The fraction of sp³-hybridized carbons (Fsp3) is 0.526. The van der Waals surface area contributed by atoms with Gasteiger partial charge in [-0.3, -0.25) is 14.4 Å². The van der Waals surface area contributed by atoms with Crippen molar-refractivity contribution in [3.05, 3.63) is 35.9 Å². The van der Waals surface area contributed by atoms with Crippen molar-refractivity contribution in [2.24, 2.45) is 5.92 Å². The Balaban J connectivity index is 1.47. The van der Waals surface area contributed by atoms with E-state index in [0.29, 0.717) is 6.42 Å². The Bertz CT molecular complexity index is 854. The van der Waals surface area contributed by atoms with Crippen molar-refractivity contribution in [3.63, 3.8) is 0 Å². The first-order valence-corrected chi connectivity index (χ1v) is 11.1. The molecule has 0 aromatic heterocycles. The lowest BCUT2D eigenvalue weighted by atomic mass is 10.1. The molecule has 2 amide bonds. The molecule has 3 rings (SSSR count). The zero-order chi connectivity index (χ0) is 20.3. The van der Waals surface area contributed by atoms with Gasteiger partial charge < -0.3 is 15.0 Å². The quantitative estimate of drug-likeness (QED) is 0.684. The third-order valence-corrected chi connectivity index (χ3v) is 6.95. The van der Waals surface area contributed by atoms with E-state index in [9.17, 15) is 22.8 Å². The maximum atomic E-state index is 12.3. The van der Waals surface area contributed by atoms with E-state index in [1.54, 1.807) is 4.90 Å². The van der Waals surface area contributed by atoms with Crippen LogP contribution < -0.4 is 5.32 Å². The highest BCUT2D eigenvalue weighted by Gasteiger charge is 2.38. The summed E-state index contributed by atoms with van der Waals surface area (Å²) in [6.07, 6.45) is 0.421. The zero-order valence-electron chi connectivity index (χ0n) is 15.7. The van der Waals surface area contributed by atoms with Crippen molar-refractivity contribution in [3.8, 4) is 0 Å². The molecule has 3 atom stereocenters. The highest BCUT2D eigenvalue weighted by Crippen LogP contribution is 2.28. The van der Waals surface area contributed by atoms with Crippen LogP contribution >= 0.6 is 0 Å². The van der Waals surface area contributed by atoms with Crippen LogP contribution in [0.1, 0.15) is 31.4 Å². The summed E-state index contributed by atoms with van der Waals surface area (Å²) in [5.74, 6) is -1.90. The molecule has 2 aliphatic heterocycles. The molecule has 0 spiro atoms. The highest BCUT2D eigenvalue weighted by atomic mass is 32.2. The van der Waals surface area contributed by atoms with Crippen LogP contribution in [0.2, 0.25) is 0 Å². The normalized spacial score (nSPS) is 24.8. The lowest BCUT2D eigenvalue weighted by molar-refractivity contribution is -0.152. The van der Waals surface area contributed by atoms with Gasteiger partial charge in [0, 0.05) is 19.0 Å². The average molecular weight is 408 g/mol. The van der Waals surface area contributed by atoms with Gasteiger partial charge in [-0.15, -0.1) is 0 Å². The van der Waals surface area contributed by atoms with Crippen LogP contribution in [0.15, 0.2) is 30.3 Å². The fourth-order valence-electron chi connectivity index (χ4n) is 3.61. The summed E-state index contributed by atoms with van der Waals surface area (Å²) in [6.45, 7) is 1.68. The summed E-state index contributed by atoms with van der Waals surface area (Å²) in [7, 11) is -3.09. The van der Waals surface area contributed by atoms with Crippen LogP contribution in [-0.2, 0) is 29.0 Å². The Morgan fingerprint density at radius 3 is 2.64 bits per heavy atom. The minimum Gasteiger partial charge on any atom is -0.455 e. The molecule has 1 aromatic rings. The third kappa shape index (κ3) is 4.89. The molecule has 1 N–H and O–H groups in total. The number of rotatable bonds is 6. The molecule has 0 aliphatic carbocycles. The molecule has 28 heavy (non-hydrogen) atoms. The largest absolute Gasteiger partial charge is 0.455 e. The summed E-state index contributed by atoms with van der Waals surface area (Å²) >= 11 is 0. The van der Waals surface area contributed by atoms with Gasteiger partial charge in [0.2, 0.25) is 5.91 Å². The second-order valence-corrected chi connectivity index (χ2v) is 9.54. The molecule has 0 bridgehead atoms. The molecule has 2 aliphatic rings. The fourth-order valence-corrected chi connectivity index (χ4v) is 5.28. The molecule has 9 heteroatoms. The number of benzene rings is 1. The van der Waals surface area contributed by atoms with E-state index < -0.39 is 40.3 Å². The first-order valence-electron chi connectivity index (χ1n) is 9.26. The van der Waals surface area contributed by atoms with E-state index in [2.05, 4.69) is 5.32 Å². The predicted molar refractivity (Wildman–Crippen MR) is 101 cm³/mol. The van der Waals surface area contributed by atoms with Crippen molar-refractivity contribution in [2.75, 3.05) is 24.7 Å². The monoisotopic (exact) mass is 408 g/mol. The lowest BCUT2D eigenvalue weighted by Gasteiger charge is -2.25. The van der Waals surface area contributed by atoms with E-state index in [1.807, 2.05) is 37.3 Å². The molecule has 2 fully saturated rings. The average Bonchev–Trinajstić information content (AvgIpc) is 3.21. The number of carbonyl (C=O) groups excluding carboxylic acids is 3. The van der Waals surface area contributed by atoms with Crippen LogP contribution in [-0.4, -0.2) is 61.8 Å². The van der Waals surface area contributed by atoms with Gasteiger partial charge in [-0.2, -0.15) is 0 Å². The van der Waals surface area contributed by atoms with E-state index in [0.717, 1.165) is 5.56 Å². The predicted octanol–water partition coefficient (Wildman–Crippen LogP) is 0.443. The zero-order valence-corrected chi connectivity index (χ0v) is 16.5. The first kappa shape index (κ1) is 20.3. The Kier molecular flexibility index (Phi) is 6.02. The molecule has 8 nitrogen and oxygen atoms in total. The van der Waals surface area contributed by atoms with Crippen LogP contribution in [0, 0.1) is 5.92 Å². The van der Waals surface area contributed by atoms with Gasteiger partial charge in [0.15, 0.2) is 16.4 Å². The number of nitrogens with one attached hydrogen (secondary N) is 1. The second-order valence-electron chi connectivity index (χ2n) is 7.31. The highest BCUT2D eigenvalue weighted by molar-refractivity contribution is 7.91. The maximum absolute atomic E-state index is 12.3. The summed E-state index contributed by atoms with van der Waals surface area (Å²) in [6, 6.07) is 8.95. The van der Waals surface area contributed by atoms with Gasteiger partial charge in [0.1, 0.15) is 0 Å². The Morgan fingerprint density at radius 2 is 2.00 bits per heavy atom. The summed E-state index contributed by atoms with van der Waals surface area (Å²) in [5, 5.41) is 2.57. The maximum Gasteiger partial charge on any atom is 0.311 e. The first-order chi connectivity index (χ1) is 13.2. The number of esters is 1. The molecule has 2 heterocycles. The number of hydrogen-bond donors (Lipinski definition) is 1. The molecule has 1 aromatic carbocycles. The number of sulfone groups is 1. The van der Waals surface area contributed by atoms with Crippen molar-refractivity contribution < 1.29 is 27.5 Å². The van der Waals surface area contributed by atoms with Crippen molar-refractivity contribution in [2.45, 2.75) is 31.8 Å². The van der Waals surface area contributed by atoms with Gasteiger partial charge in [0.25, 0.3) is 5.91 Å². The van der Waals surface area contributed by atoms with Gasteiger partial charge in [-0.25, -0.2) is 8.42 Å². The minimum atomic E-state index is -3.09. The molecule has 0 radical (unpaired) electrons. The molecular formula is C19H24N2O6S. The van der Waals surface area contributed by atoms with Crippen LogP contribution in [0.4, 0.5) is 0 Å². The number of amides is 2. The van der Waals surface area contributed by atoms with Gasteiger partial charge in [-0.05, 0) is 18.9 Å². The Morgan fingerprint density at radius 1 is 1.29 bits per heavy atom. The van der Waals surface area contributed by atoms with Crippen molar-refractivity contribution >= 4 is 27.6 Å². The number of nitrogens with zero attached hydrogens (tertiary/aromatic N) is 1. The summed E-state index contributed by atoms with van der Waals surface area (Å²) in [5.41, 5.74) is 0.982. The van der Waals surface area contributed by atoms with E-state index in [4.69, 9.17) is 4.74 Å². The molecule has 0 unspecified atom stereocenters. The van der Waals surface area contributed by atoms with Crippen molar-refractivity contribution in [1.82, 2.24) is 10.2 Å². The van der Waals surface area contributed by atoms with E-state index in [-0.39, 0.29) is 36.4 Å². The van der Waals surface area contributed by atoms with Gasteiger partial charge in [0.05, 0.1) is 23.5 Å². The Hall–Kier alpha value is -2.42. The van der Waals surface area contributed by atoms with Crippen LogP contribution in [0.3, 0.4) is 0 Å². The molecule has 2 saturated heterocycles. The molecule has 152 valence electrons. The lowest BCUT2D eigenvalue weighted by Crippen LogP contribution is -2.39. The van der Waals surface area contributed by atoms with Crippen LogP contribution in [0.25, 0.3) is 0 Å².